The van der Waals surface area contributed by atoms with E-state index < -0.39 is 5.82 Å². The van der Waals surface area contributed by atoms with Crippen molar-refractivity contribution in [3.63, 3.8) is 0 Å². The molecule has 94 valence electrons. The van der Waals surface area contributed by atoms with Crippen LogP contribution in [0.1, 0.15) is 23.0 Å². The summed E-state index contributed by atoms with van der Waals surface area (Å²) >= 11 is 0. The number of carbonyl (C=O) groups is 1. The van der Waals surface area contributed by atoms with Crippen molar-refractivity contribution < 1.29 is 13.9 Å². The van der Waals surface area contributed by atoms with E-state index in [2.05, 4.69) is 4.98 Å². The number of aromatic nitrogens is 1. The molecule has 1 heterocycles. The first kappa shape index (κ1) is 12.7. The zero-order valence-electron chi connectivity index (χ0n) is 10.1. The molecule has 0 saturated carbocycles. The maximum absolute atomic E-state index is 13.4. The van der Waals surface area contributed by atoms with Crippen molar-refractivity contribution in [3.05, 3.63) is 53.6 Å². The van der Waals surface area contributed by atoms with Gasteiger partial charge in [0.1, 0.15) is 29.1 Å². The second kappa shape index (κ2) is 5.27. The lowest BCUT2D eigenvalue weighted by Gasteiger charge is -2.06. The number of carbonyl (C=O) groups excluding carboxylic acids is 1. The van der Waals surface area contributed by atoms with Gasteiger partial charge in [-0.15, -0.1) is 0 Å². The van der Waals surface area contributed by atoms with E-state index in [0.717, 1.165) is 6.07 Å². The zero-order valence-corrected chi connectivity index (χ0v) is 10.1. The third-order valence-electron chi connectivity index (χ3n) is 2.39. The van der Waals surface area contributed by atoms with Crippen LogP contribution < -0.4 is 4.74 Å². The summed E-state index contributed by atoms with van der Waals surface area (Å²) in [7, 11) is 0. The average Bonchev–Trinajstić information content (AvgIpc) is 2.39. The molecular weight excluding hydrogens is 247 g/mol. The number of pyridine rings is 1. The molecule has 0 spiro atoms. The Morgan fingerprint density at radius 2 is 2.05 bits per heavy atom. The van der Waals surface area contributed by atoms with E-state index in [1.165, 1.54) is 31.3 Å². The van der Waals surface area contributed by atoms with E-state index in [9.17, 15) is 9.18 Å². The highest BCUT2D eigenvalue weighted by molar-refractivity contribution is 5.92. The Labute approximate surface area is 109 Å². The van der Waals surface area contributed by atoms with E-state index in [0.29, 0.717) is 11.4 Å². The fourth-order valence-electron chi connectivity index (χ4n) is 1.44. The number of benzene rings is 1. The highest BCUT2D eigenvalue weighted by Crippen LogP contribution is 2.22. The molecule has 0 aliphatic heterocycles. The van der Waals surface area contributed by atoms with Gasteiger partial charge < -0.3 is 4.74 Å². The number of ether oxygens (including phenoxy) is 1. The standard InChI is InChI=1S/C14H9FN2O2/c1-9(18)14-5-4-12(8-17-14)19-11-3-2-10(7-16)13(15)6-11/h2-6,8H,1H3. The molecule has 2 aromatic rings. The van der Waals surface area contributed by atoms with Gasteiger partial charge in [0.25, 0.3) is 0 Å². The highest BCUT2D eigenvalue weighted by atomic mass is 19.1. The highest BCUT2D eigenvalue weighted by Gasteiger charge is 2.05. The maximum atomic E-state index is 13.4. The second-order valence-corrected chi connectivity index (χ2v) is 3.79. The third kappa shape index (κ3) is 2.93. The maximum Gasteiger partial charge on any atom is 0.178 e. The number of hydrogen-bond acceptors (Lipinski definition) is 4. The first-order valence-corrected chi connectivity index (χ1v) is 5.44. The quantitative estimate of drug-likeness (QED) is 0.791. The number of ketones is 1. The van der Waals surface area contributed by atoms with Crippen LogP contribution in [0.25, 0.3) is 0 Å². The Bertz CT molecular complexity index is 660. The van der Waals surface area contributed by atoms with E-state index in [-0.39, 0.29) is 17.1 Å². The van der Waals surface area contributed by atoms with Gasteiger partial charge in [0.2, 0.25) is 0 Å². The zero-order chi connectivity index (χ0) is 13.8. The van der Waals surface area contributed by atoms with Crippen molar-refractivity contribution in [2.75, 3.05) is 0 Å². The minimum Gasteiger partial charge on any atom is -0.456 e. The van der Waals surface area contributed by atoms with Crippen molar-refractivity contribution in [2.24, 2.45) is 0 Å². The van der Waals surface area contributed by atoms with Crippen LogP contribution in [0, 0.1) is 17.1 Å². The van der Waals surface area contributed by atoms with Crippen LogP contribution in [0.3, 0.4) is 0 Å². The van der Waals surface area contributed by atoms with Crippen molar-refractivity contribution in [3.8, 4) is 17.6 Å². The number of rotatable bonds is 3. The summed E-state index contributed by atoms with van der Waals surface area (Å²) in [5, 5.41) is 8.61. The van der Waals surface area contributed by atoms with Gasteiger partial charge in [-0.25, -0.2) is 9.37 Å². The van der Waals surface area contributed by atoms with Gasteiger partial charge in [-0.3, -0.25) is 4.79 Å². The van der Waals surface area contributed by atoms with E-state index >= 15 is 0 Å². The fourth-order valence-corrected chi connectivity index (χ4v) is 1.44. The van der Waals surface area contributed by atoms with Gasteiger partial charge >= 0.3 is 0 Å². The molecule has 0 atom stereocenters. The predicted molar refractivity (Wildman–Crippen MR) is 65.4 cm³/mol. The summed E-state index contributed by atoms with van der Waals surface area (Å²) in [4.78, 5) is 15.0. The molecule has 0 aliphatic carbocycles. The SMILES string of the molecule is CC(=O)c1ccc(Oc2ccc(C#N)c(F)c2)cn1. The lowest BCUT2D eigenvalue weighted by Crippen LogP contribution is -1.96. The molecule has 5 heteroatoms. The van der Waals surface area contributed by atoms with Gasteiger partial charge in [0.15, 0.2) is 5.78 Å². The van der Waals surface area contributed by atoms with Gasteiger partial charge in [-0.1, -0.05) is 0 Å². The molecule has 0 bridgehead atoms. The van der Waals surface area contributed by atoms with Crippen LogP contribution in [0.15, 0.2) is 36.5 Å². The Morgan fingerprint density at radius 1 is 1.32 bits per heavy atom. The fraction of sp³-hybridized carbons (Fsp3) is 0.0714. The average molecular weight is 256 g/mol. The number of nitriles is 1. The smallest absolute Gasteiger partial charge is 0.178 e. The monoisotopic (exact) mass is 256 g/mol. The number of hydrogen-bond donors (Lipinski definition) is 0. The molecule has 0 saturated heterocycles. The van der Waals surface area contributed by atoms with E-state index in [1.807, 2.05) is 0 Å². The topological polar surface area (TPSA) is 63.0 Å². The third-order valence-corrected chi connectivity index (χ3v) is 2.39. The Balaban J connectivity index is 2.19. The van der Waals surface area contributed by atoms with Crippen LogP contribution >= 0.6 is 0 Å². The van der Waals surface area contributed by atoms with Gasteiger partial charge in [0, 0.05) is 13.0 Å². The van der Waals surface area contributed by atoms with Crippen molar-refractivity contribution in [2.45, 2.75) is 6.92 Å². The molecule has 4 nitrogen and oxygen atoms in total. The number of halogens is 1. The minimum atomic E-state index is -0.645. The molecule has 0 aliphatic rings. The van der Waals surface area contributed by atoms with Crippen LogP contribution in [-0.2, 0) is 0 Å². The molecule has 0 fully saturated rings. The summed E-state index contributed by atoms with van der Waals surface area (Å²) in [6, 6.07) is 8.77. The molecule has 1 aromatic heterocycles. The Morgan fingerprint density at radius 3 is 2.58 bits per heavy atom. The lowest BCUT2D eigenvalue weighted by molar-refractivity contribution is 0.101. The minimum absolute atomic E-state index is 0.0441. The second-order valence-electron chi connectivity index (χ2n) is 3.79. The Hall–Kier alpha value is -2.74. The van der Waals surface area contributed by atoms with Gasteiger partial charge in [0.05, 0.1) is 11.8 Å². The summed E-state index contributed by atoms with van der Waals surface area (Å²) in [5.41, 5.74) is 0.288. The van der Waals surface area contributed by atoms with Crippen LogP contribution in [-0.4, -0.2) is 10.8 Å². The Kier molecular flexibility index (Phi) is 3.53. The normalized spacial score (nSPS) is 9.74. The van der Waals surface area contributed by atoms with Gasteiger partial charge in [-0.05, 0) is 24.3 Å². The van der Waals surface area contributed by atoms with Crippen molar-refractivity contribution >= 4 is 5.78 Å². The van der Waals surface area contributed by atoms with Gasteiger partial charge in [-0.2, -0.15) is 5.26 Å². The van der Waals surface area contributed by atoms with Crippen LogP contribution in [0.5, 0.6) is 11.5 Å². The van der Waals surface area contributed by atoms with Crippen LogP contribution in [0.4, 0.5) is 4.39 Å². The first-order chi connectivity index (χ1) is 9.10. The predicted octanol–water partition coefficient (Wildman–Crippen LogP) is 3.09. The van der Waals surface area contributed by atoms with Crippen molar-refractivity contribution in [1.82, 2.24) is 4.98 Å². The first-order valence-electron chi connectivity index (χ1n) is 5.44. The molecule has 0 N–H and O–H groups in total. The summed E-state index contributed by atoms with van der Waals surface area (Å²) < 4.78 is 18.7. The largest absolute Gasteiger partial charge is 0.456 e. The lowest BCUT2D eigenvalue weighted by atomic mass is 10.2. The molecule has 0 amide bonds. The summed E-state index contributed by atoms with van der Waals surface area (Å²) in [6.45, 7) is 1.42. The molecule has 2 rings (SSSR count). The molecule has 1 aromatic carbocycles. The molecule has 19 heavy (non-hydrogen) atoms. The van der Waals surface area contributed by atoms with Crippen molar-refractivity contribution in [1.29, 1.82) is 5.26 Å². The molecular formula is C14H9FN2O2. The molecule has 0 radical (unpaired) electrons. The van der Waals surface area contributed by atoms with Crippen LogP contribution in [0.2, 0.25) is 0 Å². The summed E-state index contributed by atoms with van der Waals surface area (Å²) in [5.74, 6) is -0.146. The molecule has 0 unspecified atom stereocenters. The number of Topliss-reactive ketones (excluding diaryl/α,β-unsaturated/α-hetero) is 1. The van der Waals surface area contributed by atoms with E-state index in [1.54, 1.807) is 12.1 Å². The summed E-state index contributed by atoms with van der Waals surface area (Å²) in [6.07, 6.45) is 1.38. The van der Waals surface area contributed by atoms with E-state index in [4.69, 9.17) is 10.00 Å². The number of nitrogens with zero attached hydrogens (tertiary/aromatic N) is 2.